The van der Waals surface area contributed by atoms with Gasteiger partial charge in [-0.25, -0.2) is 4.79 Å². The predicted molar refractivity (Wildman–Crippen MR) is 123 cm³/mol. The van der Waals surface area contributed by atoms with Crippen molar-refractivity contribution in [3.8, 4) is 17.2 Å². The molecule has 0 aliphatic heterocycles. The summed E-state index contributed by atoms with van der Waals surface area (Å²) in [6.07, 6.45) is 5.05. The van der Waals surface area contributed by atoms with Crippen molar-refractivity contribution in [2.45, 2.75) is 38.1 Å². The molecule has 2 aromatic carbocycles. The van der Waals surface area contributed by atoms with E-state index in [0.29, 0.717) is 29.7 Å². The molecule has 0 spiro atoms. The first-order chi connectivity index (χ1) is 14.6. The van der Waals surface area contributed by atoms with Crippen LogP contribution in [0.15, 0.2) is 36.4 Å². The highest BCUT2D eigenvalue weighted by Gasteiger charge is 2.18. The van der Waals surface area contributed by atoms with Gasteiger partial charge < -0.3 is 24.3 Å². The Morgan fingerprint density at radius 3 is 2.52 bits per heavy atom. The van der Waals surface area contributed by atoms with Gasteiger partial charge in [-0.2, -0.15) is 0 Å². The van der Waals surface area contributed by atoms with Crippen LogP contribution in [0.25, 0.3) is 0 Å². The van der Waals surface area contributed by atoms with Crippen molar-refractivity contribution in [2.75, 3.05) is 34.5 Å². The molecule has 0 bridgehead atoms. The second-order valence-electron chi connectivity index (χ2n) is 7.44. The lowest BCUT2D eigenvalue weighted by atomic mass is 9.88. The number of fused-ring (bicyclic) bond motifs is 1. The summed E-state index contributed by atoms with van der Waals surface area (Å²) >= 11 is 0. The number of aryl methyl sites for hydroxylation is 1. The fraction of sp³-hybridized carbons (Fsp3) is 0.458. The maximum Gasteiger partial charge on any atom is 0.338 e. The van der Waals surface area contributed by atoms with E-state index in [2.05, 4.69) is 17.4 Å². The normalized spacial score (nSPS) is 14.7. The number of unbranched alkanes of at least 4 members (excludes halogenated alkanes) is 1. The van der Waals surface area contributed by atoms with Gasteiger partial charge >= 0.3 is 5.97 Å². The molecule has 0 heterocycles. The minimum atomic E-state index is -0.344. The molecule has 0 amide bonds. The average molecular weight is 450 g/mol. The highest BCUT2D eigenvalue weighted by atomic mass is 35.5. The number of benzene rings is 2. The van der Waals surface area contributed by atoms with Gasteiger partial charge in [0.1, 0.15) is 5.75 Å². The minimum Gasteiger partial charge on any atom is -0.497 e. The lowest BCUT2D eigenvalue weighted by Gasteiger charge is -2.26. The number of methoxy groups -OCH3 is 3. The fourth-order valence-electron chi connectivity index (χ4n) is 3.78. The number of rotatable bonds is 10. The van der Waals surface area contributed by atoms with Crippen molar-refractivity contribution in [1.29, 1.82) is 0 Å². The number of carbonyl (C=O) groups excluding carboxylic acids is 1. The van der Waals surface area contributed by atoms with Crippen molar-refractivity contribution < 1.29 is 23.7 Å². The van der Waals surface area contributed by atoms with Crippen molar-refractivity contribution in [1.82, 2.24) is 5.32 Å². The van der Waals surface area contributed by atoms with Gasteiger partial charge in [-0.05, 0) is 80.1 Å². The third-order valence-corrected chi connectivity index (χ3v) is 5.50. The van der Waals surface area contributed by atoms with Gasteiger partial charge in [0, 0.05) is 6.04 Å². The first-order valence-electron chi connectivity index (χ1n) is 10.4. The molecular weight excluding hydrogens is 418 g/mol. The Balaban J connectivity index is 0.00000341. The van der Waals surface area contributed by atoms with Crippen LogP contribution in [0, 0.1) is 0 Å². The Morgan fingerprint density at radius 1 is 0.968 bits per heavy atom. The molecule has 2 aromatic rings. The van der Waals surface area contributed by atoms with Crippen molar-refractivity contribution in [3.63, 3.8) is 0 Å². The second kappa shape index (κ2) is 12.4. The van der Waals surface area contributed by atoms with Crippen LogP contribution in [-0.4, -0.2) is 46.5 Å². The molecule has 0 saturated carbocycles. The Bertz CT molecular complexity index is 858. The average Bonchev–Trinajstić information content (AvgIpc) is 2.80. The molecule has 7 heteroatoms. The maximum atomic E-state index is 12.2. The largest absolute Gasteiger partial charge is 0.497 e. The monoisotopic (exact) mass is 449 g/mol. The molecule has 3 rings (SSSR count). The molecule has 1 unspecified atom stereocenters. The molecule has 1 atom stereocenters. The van der Waals surface area contributed by atoms with Crippen LogP contribution in [0.2, 0.25) is 0 Å². The maximum absolute atomic E-state index is 12.2. The summed E-state index contributed by atoms with van der Waals surface area (Å²) in [5.74, 6) is 1.69. The molecule has 0 radical (unpaired) electrons. The van der Waals surface area contributed by atoms with E-state index in [0.717, 1.165) is 44.4 Å². The first-order valence-corrected chi connectivity index (χ1v) is 10.4. The van der Waals surface area contributed by atoms with E-state index in [1.807, 2.05) is 6.07 Å². The van der Waals surface area contributed by atoms with Crippen LogP contribution in [0.4, 0.5) is 0 Å². The highest BCUT2D eigenvalue weighted by Crippen LogP contribution is 2.28. The summed E-state index contributed by atoms with van der Waals surface area (Å²) in [5, 5.41) is 3.64. The summed E-state index contributed by atoms with van der Waals surface area (Å²) in [4.78, 5) is 12.2. The molecule has 1 aliphatic carbocycles. The van der Waals surface area contributed by atoms with E-state index in [1.165, 1.54) is 11.1 Å². The van der Waals surface area contributed by atoms with Crippen LogP contribution < -0.4 is 19.5 Å². The molecule has 1 N–H and O–H groups in total. The van der Waals surface area contributed by atoms with E-state index in [-0.39, 0.29) is 18.4 Å². The Morgan fingerprint density at radius 2 is 1.77 bits per heavy atom. The van der Waals surface area contributed by atoms with E-state index in [1.54, 1.807) is 39.5 Å². The summed E-state index contributed by atoms with van der Waals surface area (Å²) in [5.41, 5.74) is 3.26. The van der Waals surface area contributed by atoms with Crippen molar-refractivity contribution in [2.24, 2.45) is 0 Å². The zero-order valence-electron chi connectivity index (χ0n) is 18.4. The SMILES string of the molecule is COc1ccc2c(c1)CCC(NCCCCOC(=O)c1ccc(OC)c(OC)c1)C2.Cl. The Hall–Kier alpha value is -2.44. The van der Waals surface area contributed by atoms with E-state index < -0.39 is 0 Å². The summed E-state index contributed by atoms with van der Waals surface area (Å²) in [6.45, 7) is 1.33. The van der Waals surface area contributed by atoms with Crippen LogP contribution in [0.3, 0.4) is 0 Å². The zero-order valence-corrected chi connectivity index (χ0v) is 19.3. The van der Waals surface area contributed by atoms with Gasteiger partial charge in [0.25, 0.3) is 0 Å². The van der Waals surface area contributed by atoms with Gasteiger partial charge in [0.05, 0.1) is 33.5 Å². The topological polar surface area (TPSA) is 66.0 Å². The third kappa shape index (κ3) is 6.77. The summed E-state index contributed by atoms with van der Waals surface area (Å²) < 4.78 is 21.1. The first kappa shape index (κ1) is 24.8. The number of carbonyl (C=O) groups is 1. The number of halogens is 1. The van der Waals surface area contributed by atoms with Crippen LogP contribution in [0.1, 0.15) is 40.7 Å². The number of hydrogen-bond acceptors (Lipinski definition) is 6. The Kier molecular flexibility index (Phi) is 9.95. The third-order valence-electron chi connectivity index (χ3n) is 5.50. The zero-order chi connectivity index (χ0) is 21.3. The number of hydrogen-bond donors (Lipinski definition) is 1. The lowest BCUT2D eigenvalue weighted by Crippen LogP contribution is -2.35. The second-order valence-corrected chi connectivity index (χ2v) is 7.44. The van der Waals surface area contributed by atoms with Gasteiger partial charge in [0.2, 0.25) is 0 Å². The number of ether oxygens (including phenoxy) is 4. The van der Waals surface area contributed by atoms with Gasteiger partial charge in [-0.1, -0.05) is 6.07 Å². The molecule has 6 nitrogen and oxygen atoms in total. The van der Waals surface area contributed by atoms with Crippen LogP contribution in [0.5, 0.6) is 17.2 Å². The van der Waals surface area contributed by atoms with E-state index in [9.17, 15) is 4.79 Å². The highest BCUT2D eigenvalue weighted by molar-refractivity contribution is 5.90. The molecule has 0 fully saturated rings. The molecule has 170 valence electrons. The van der Waals surface area contributed by atoms with E-state index in [4.69, 9.17) is 18.9 Å². The fourth-order valence-corrected chi connectivity index (χ4v) is 3.78. The summed E-state index contributed by atoms with van der Waals surface area (Å²) in [7, 11) is 4.81. The van der Waals surface area contributed by atoms with Crippen LogP contribution >= 0.6 is 12.4 Å². The van der Waals surface area contributed by atoms with Gasteiger partial charge in [-0.3, -0.25) is 0 Å². The lowest BCUT2D eigenvalue weighted by molar-refractivity contribution is 0.0497. The molecule has 31 heavy (non-hydrogen) atoms. The standard InChI is InChI=1S/C24H31NO5.ClH/c1-27-21-10-7-17-14-20(9-6-18(17)15-21)25-12-4-5-13-30-24(26)19-8-11-22(28-2)23(16-19)29-3;/h7-8,10-11,15-16,20,25H,4-6,9,12-14H2,1-3H3;1H. The molecule has 0 saturated heterocycles. The number of esters is 1. The Labute approximate surface area is 190 Å². The van der Waals surface area contributed by atoms with Gasteiger partial charge in [-0.15, -0.1) is 12.4 Å². The number of nitrogens with one attached hydrogen (secondary N) is 1. The van der Waals surface area contributed by atoms with Crippen molar-refractivity contribution in [3.05, 3.63) is 53.1 Å². The predicted octanol–water partition coefficient (Wildman–Crippen LogP) is 4.22. The van der Waals surface area contributed by atoms with Crippen LogP contribution in [-0.2, 0) is 17.6 Å². The molecule has 1 aliphatic rings. The van der Waals surface area contributed by atoms with Gasteiger partial charge in [0.15, 0.2) is 11.5 Å². The summed E-state index contributed by atoms with van der Waals surface area (Å²) in [6, 6.07) is 11.9. The smallest absolute Gasteiger partial charge is 0.338 e. The van der Waals surface area contributed by atoms with Crippen molar-refractivity contribution >= 4 is 18.4 Å². The molecule has 0 aromatic heterocycles. The molecular formula is C24H32ClNO5. The minimum absolute atomic E-state index is 0. The quantitative estimate of drug-likeness (QED) is 0.432. The van der Waals surface area contributed by atoms with E-state index >= 15 is 0 Å².